The molecule has 4 heteroatoms. The fourth-order valence-corrected chi connectivity index (χ4v) is 2.82. The minimum Gasteiger partial charge on any atom is -0.460 e. The Kier molecular flexibility index (Phi) is 2.37. The average Bonchev–Trinajstić information content (AvgIpc) is 2.94. The predicted octanol–water partition coefficient (Wildman–Crippen LogP) is 2.67. The Morgan fingerprint density at radius 3 is 2.72 bits per heavy atom. The van der Waals surface area contributed by atoms with Crippen molar-refractivity contribution in [1.29, 1.82) is 0 Å². The van der Waals surface area contributed by atoms with Crippen molar-refractivity contribution in [2.24, 2.45) is 5.41 Å². The van der Waals surface area contributed by atoms with E-state index in [-0.39, 0.29) is 17.0 Å². The molecule has 0 bridgehead atoms. The Labute approximate surface area is 105 Å². The van der Waals surface area contributed by atoms with Crippen LogP contribution in [-0.4, -0.2) is 18.4 Å². The molecule has 1 spiro atoms. The molecule has 96 valence electrons. The van der Waals surface area contributed by atoms with E-state index in [9.17, 15) is 9.59 Å². The van der Waals surface area contributed by atoms with Crippen LogP contribution in [0, 0.1) is 12.3 Å². The number of Topliss-reactive ketones (excluding diaryl/α,β-unsaturated/α-hetero) is 1. The number of fused-ring (bicyclic) bond motifs is 1. The van der Waals surface area contributed by atoms with Gasteiger partial charge in [0, 0.05) is 18.4 Å². The van der Waals surface area contributed by atoms with Crippen molar-refractivity contribution in [3.8, 4) is 0 Å². The standard InChI is InChI=1S/C14H16O4/c1-3-17-13(16)12-8(2)11-9(15)6-14(4-5-14)7-10(11)18-12/h3-7H2,1-2H3. The molecule has 0 atom stereocenters. The van der Waals surface area contributed by atoms with Gasteiger partial charge in [-0.25, -0.2) is 4.79 Å². The average molecular weight is 248 g/mol. The molecule has 4 nitrogen and oxygen atoms in total. The molecule has 1 aromatic heterocycles. The molecule has 0 N–H and O–H groups in total. The van der Waals surface area contributed by atoms with Crippen LogP contribution in [-0.2, 0) is 11.2 Å². The zero-order chi connectivity index (χ0) is 12.9. The summed E-state index contributed by atoms with van der Waals surface area (Å²) >= 11 is 0. The van der Waals surface area contributed by atoms with E-state index in [0.29, 0.717) is 29.9 Å². The summed E-state index contributed by atoms with van der Waals surface area (Å²) in [5.41, 5.74) is 1.40. The van der Waals surface area contributed by atoms with E-state index in [1.807, 2.05) is 0 Å². The van der Waals surface area contributed by atoms with E-state index in [2.05, 4.69) is 0 Å². The van der Waals surface area contributed by atoms with Gasteiger partial charge in [-0.3, -0.25) is 4.79 Å². The lowest BCUT2D eigenvalue weighted by molar-refractivity contribution is 0.0485. The molecule has 0 aromatic carbocycles. The lowest BCUT2D eigenvalue weighted by Gasteiger charge is -2.18. The minimum atomic E-state index is -0.470. The Morgan fingerprint density at radius 2 is 2.11 bits per heavy atom. The second-order valence-electron chi connectivity index (χ2n) is 5.35. The molecule has 0 saturated heterocycles. The van der Waals surface area contributed by atoms with Crippen LogP contribution in [0.3, 0.4) is 0 Å². The zero-order valence-electron chi connectivity index (χ0n) is 10.7. The van der Waals surface area contributed by atoms with Crippen LogP contribution in [0.4, 0.5) is 0 Å². The van der Waals surface area contributed by atoms with Gasteiger partial charge >= 0.3 is 5.97 Å². The highest BCUT2D eigenvalue weighted by atomic mass is 16.5. The summed E-state index contributed by atoms with van der Waals surface area (Å²) in [5.74, 6) is 0.532. The quantitative estimate of drug-likeness (QED) is 0.755. The molecular formula is C14H16O4. The second-order valence-corrected chi connectivity index (χ2v) is 5.35. The van der Waals surface area contributed by atoms with Gasteiger partial charge in [0.05, 0.1) is 12.2 Å². The molecular weight excluding hydrogens is 232 g/mol. The first-order valence-electron chi connectivity index (χ1n) is 6.39. The summed E-state index contributed by atoms with van der Waals surface area (Å²) in [6.07, 6.45) is 3.57. The summed E-state index contributed by atoms with van der Waals surface area (Å²) in [6, 6.07) is 0. The highest BCUT2D eigenvalue weighted by Crippen LogP contribution is 2.55. The summed E-state index contributed by atoms with van der Waals surface area (Å²) in [5, 5.41) is 0. The van der Waals surface area contributed by atoms with Crippen molar-refractivity contribution in [3.05, 3.63) is 22.6 Å². The van der Waals surface area contributed by atoms with Crippen molar-refractivity contribution in [3.63, 3.8) is 0 Å². The van der Waals surface area contributed by atoms with Gasteiger partial charge in [0.2, 0.25) is 5.76 Å². The summed E-state index contributed by atoms with van der Waals surface area (Å²) in [6.45, 7) is 3.82. The highest BCUT2D eigenvalue weighted by molar-refractivity contribution is 6.03. The molecule has 0 radical (unpaired) electrons. The van der Waals surface area contributed by atoms with Crippen LogP contribution in [0.1, 0.15) is 58.4 Å². The molecule has 1 fully saturated rings. The summed E-state index contributed by atoms with van der Waals surface area (Å²) < 4.78 is 10.5. The number of ether oxygens (including phenoxy) is 1. The Morgan fingerprint density at radius 1 is 1.39 bits per heavy atom. The maximum absolute atomic E-state index is 12.1. The second kappa shape index (κ2) is 3.70. The van der Waals surface area contributed by atoms with E-state index in [1.165, 1.54) is 0 Å². The Hall–Kier alpha value is -1.58. The van der Waals surface area contributed by atoms with Gasteiger partial charge in [-0.05, 0) is 32.1 Å². The maximum Gasteiger partial charge on any atom is 0.374 e. The van der Waals surface area contributed by atoms with Gasteiger partial charge in [0.15, 0.2) is 5.78 Å². The van der Waals surface area contributed by atoms with Crippen molar-refractivity contribution in [1.82, 2.24) is 0 Å². The van der Waals surface area contributed by atoms with Crippen molar-refractivity contribution in [2.75, 3.05) is 6.61 Å². The fraction of sp³-hybridized carbons (Fsp3) is 0.571. The van der Waals surface area contributed by atoms with Crippen molar-refractivity contribution in [2.45, 2.75) is 39.5 Å². The molecule has 0 unspecified atom stereocenters. The fourth-order valence-electron chi connectivity index (χ4n) is 2.82. The number of hydrogen-bond donors (Lipinski definition) is 0. The third kappa shape index (κ3) is 1.59. The zero-order valence-corrected chi connectivity index (χ0v) is 10.7. The van der Waals surface area contributed by atoms with E-state index in [0.717, 1.165) is 19.3 Å². The number of carbonyl (C=O) groups excluding carboxylic acids is 2. The third-order valence-corrected chi connectivity index (χ3v) is 3.99. The molecule has 2 aliphatic rings. The van der Waals surface area contributed by atoms with E-state index in [1.54, 1.807) is 13.8 Å². The topological polar surface area (TPSA) is 56.5 Å². The maximum atomic E-state index is 12.1. The Balaban J connectivity index is 2.01. The van der Waals surface area contributed by atoms with Crippen LogP contribution in [0.2, 0.25) is 0 Å². The first-order chi connectivity index (χ1) is 8.56. The van der Waals surface area contributed by atoms with E-state index in [4.69, 9.17) is 9.15 Å². The minimum absolute atomic E-state index is 0.116. The molecule has 3 rings (SSSR count). The molecule has 1 saturated carbocycles. The van der Waals surface area contributed by atoms with Crippen LogP contribution in [0.25, 0.3) is 0 Å². The highest BCUT2D eigenvalue weighted by Gasteiger charge is 2.50. The van der Waals surface area contributed by atoms with Crippen molar-refractivity contribution < 1.29 is 18.7 Å². The van der Waals surface area contributed by atoms with Crippen LogP contribution in [0.5, 0.6) is 0 Å². The van der Waals surface area contributed by atoms with E-state index < -0.39 is 5.97 Å². The third-order valence-electron chi connectivity index (χ3n) is 3.99. The Bertz CT molecular complexity index is 534. The molecule has 0 aliphatic heterocycles. The number of hydrogen-bond acceptors (Lipinski definition) is 4. The SMILES string of the molecule is CCOC(=O)c1oc2c(c1C)C(=O)CC1(CC1)C2. The monoisotopic (exact) mass is 248 g/mol. The van der Waals surface area contributed by atoms with Gasteiger partial charge in [-0.1, -0.05) is 0 Å². The van der Waals surface area contributed by atoms with Crippen molar-refractivity contribution >= 4 is 11.8 Å². The summed E-state index contributed by atoms with van der Waals surface area (Å²) in [7, 11) is 0. The molecule has 1 heterocycles. The number of esters is 1. The lowest BCUT2D eigenvalue weighted by atomic mass is 9.83. The van der Waals surface area contributed by atoms with Gasteiger partial charge in [0.1, 0.15) is 5.76 Å². The first kappa shape index (κ1) is 11.5. The van der Waals surface area contributed by atoms with Crippen LogP contribution in [0.15, 0.2) is 4.42 Å². The van der Waals surface area contributed by atoms with Gasteiger partial charge < -0.3 is 9.15 Å². The first-order valence-corrected chi connectivity index (χ1v) is 6.39. The normalized spacial score (nSPS) is 19.8. The van der Waals surface area contributed by atoms with Crippen LogP contribution < -0.4 is 0 Å². The number of rotatable bonds is 2. The smallest absolute Gasteiger partial charge is 0.374 e. The van der Waals surface area contributed by atoms with Gasteiger partial charge in [0.25, 0.3) is 0 Å². The van der Waals surface area contributed by atoms with Crippen LogP contribution >= 0.6 is 0 Å². The number of furan rings is 1. The van der Waals surface area contributed by atoms with Gasteiger partial charge in [-0.15, -0.1) is 0 Å². The lowest BCUT2D eigenvalue weighted by Crippen LogP contribution is -2.20. The van der Waals surface area contributed by atoms with Gasteiger partial charge in [-0.2, -0.15) is 0 Å². The molecule has 1 aromatic rings. The molecule has 18 heavy (non-hydrogen) atoms. The largest absolute Gasteiger partial charge is 0.460 e. The molecule has 0 amide bonds. The summed E-state index contributed by atoms with van der Waals surface area (Å²) in [4.78, 5) is 23.9. The van der Waals surface area contributed by atoms with E-state index >= 15 is 0 Å². The molecule has 2 aliphatic carbocycles. The number of carbonyl (C=O) groups is 2. The number of ketones is 1. The predicted molar refractivity (Wildman–Crippen MR) is 63.7 cm³/mol.